The summed E-state index contributed by atoms with van der Waals surface area (Å²) in [5.41, 5.74) is 0.240. The Bertz CT molecular complexity index is 627. The Kier molecular flexibility index (Phi) is 5.37. The molecular formula is C13H17BrN2O4S. The van der Waals surface area contributed by atoms with E-state index in [1.807, 2.05) is 0 Å². The number of hydrogen-bond donors (Lipinski definition) is 2. The van der Waals surface area contributed by atoms with E-state index in [1.165, 1.54) is 16.4 Å². The fourth-order valence-corrected chi connectivity index (χ4v) is 4.15. The molecule has 0 aliphatic carbocycles. The van der Waals surface area contributed by atoms with Crippen molar-refractivity contribution < 1.29 is 18.3 Å². The number of nitrogens with one attached hydrogen (secondary N) is 1. The van der Waals surface area contributed by atoms with Gasteiger partial charge in [0.2, 0.25) is 10.0 Å². The van der Waals surface area contributed by atoms with Crippen molar-refractivity contribution in [2.75, 3.05) is 26.2 Å². The summed E-state index contributed by atoms with van der Waals surface area (Å²) in [6.45, 7) is 0.985. The summed E-state index contributed by atoms with van der Waals surface area (Å²) in [4.78, 5) is 12.1. The minimum absolute atomic E-state index is 0.113. The van der Waals surface area contributed by atoms with Crippen LogP contribution in [0.3, 0.4) is 0 Å². The lowest BCUT2D eigenvalue weighted by atomic mass is 10.2. The molecule has 1 fully saturated rings. The first-order valence-corrected chi connectivity index (χ1v) is 8.89. The third-order valence-electron chi connectivity index (χ3n) is 3.28. The average Bonchev–Trinajstić information content (AvgIpc) is 3.00. The quantitative estimate of drug-likeness (QED) is 0.800. The van der Waals surface area contributed by atoms with E-state index in [4.69, 9.17) is 5.11 Å². The van der Waals surface area contributed by atoms with Gasteiger partial charge in [-0.3, -0.25) is 4.79 Å². The summed E-state index contributed by atoms with van der Waals surface area (Å²) in [7, 11) is -3.55. The minimum Gasteiger partial charge on any atom is -0.395 e. The molecule has 21 heavy (non-hydrogen) atoms. The van der Waals surface area contributed by atoms with Gasteiger partial charge in [-0.05, 0) is 47.0 Å². The van der Waals surface area contributed by atoms with E-state index in [2.05, 4.69) is 21.2 Å². The molecule has 0 radical (unpaired) electrons. The van der Waals surface area contributed by atoms with E-state index in [0.717, 1.165) is 12.8 Å². The molecule has 0 aromatic heterocycles. The van der Waals surface area contributed by atoms with Crippen LogP contribution in [-0.2, 0) is 10.0 Å². The van der Waals surface area contributed by atoms with Gasteiger partial charge >= 0.3 is 0 Å². The molecular weight excluding hydrogens is 360 g/mol. The Hall–Kier alpha value is -0.960. The normalized spacial score (nSPS) is 16.1. The SMILES string of the molecule is O=C(NCCO)c1cc(S(=O)(=O)N2CCCC2)ccc1Br. The Morgan fingerprint density at radius 3 is 2.62 bits per heavy atom. The Balaban J connectivity index is 2.31. The van der Waals surface area contributed by atoms with Crippen LogP contribution in [0.25, 0.3) is 0 Å². The molecule has 1 amide bonds. The van der Waals surface area contributed by atoms with Crippen LogP contribution in [0.5, 0.6) is 0 Å². The third-order valence-corrected chi connectivity index (χ3v) is 5.87. The largest absolute Gasteiger partial charge is 0.395 e. The van der Waals surface area contributed by atoms with Gasteiger partial charge in [0.15, 0.2) is 0 Å². The smallest absolute Gasteiger partial charge is 0.252 e. The summed E-state index contributed by atoms with van der Waals surface area (Å²) in [6.07, 6.45) is 1.72. The van der Waals surface area contributed by atoms with Gasteiger partial charge in [0.1, 0.15) is 0 Å². The number of carbonyl (C=O) groups excluding carboxylic acids is 1. The fraction of sp³-hybridized carbons (Fsp3) is 0.462. The van der Waals surface area contributed by atoms with Gasteiger partial charge in [-0.1, -0.05) is 0 Å². The summed E-state index contributed by atoms with van der Waals surface area (Å²) in [5.74, 6) is -0.422. The Morgan fingerprint density at radius 2 is 2.00 bits per heavy atom. The minimum atomic E-state index is -3.55. The van der Waals surface area contributed by atoms with Crippen molar-refractivity contribution in [3.8, 4) is 0 Å². The van der Waals surface area contributed by atoms with E-state index >= 15 is 0 Å². The number of rotatable bonds is 5. The van der Waals surface area contributed by atoms with Gasteiger partial charge in [0, 0.05) is 24.1 Å². The summed E-state index contributed by atoms with van der Waals surface area (Å²) in [5, 5.41) is 11.2. The Morgan fingerprint density at radius 1 is 1.33 bits per heavy atom. The molecule has 1 aliphatic heterocycles. The number of amides is 1. The van der Waals surface area contributed by atoms with Crippen LogP contribution in [-0.4, -0.2) is 50.0 Å². The van der Waals surface area contributed by atoms with Gasteiger partial charge in [0.05, 0.1) is 17.1 Å². The highest BCUT2D eigenvalue weighted by Gasteiger charge is 2.28. The van der Waals surface area contributed by atoms with Crippen LogP contribution in [0.4, 0.5) is 0 Å². The first-order chi connectivity index (χ1) is 9.96. The lowest BCUT2D eigenvalue weighted by Gasteiger charge is -2.16. The molecule has 1 aliphatic rings. The standard InChI is InChI=1S/C13H17BrN2O4S/c14-12-4-3-10(9-11(12)13(18)15-5-8-17)21(19,20)16-6-1-2-7-16/h3-4,9,17H,1-2,5-8H2,(H,15,18). The maximum atomic E-state index is 12.5. The van der Waals surface area contributed by atoms with Gasteiger partial charge in [-0.2, -0.15) is 4.31 Å². The summed E-state index contributed by atoms with van der Waals surface area (Å²) < 4.78 is 26.9. The molecule has 0 bridgehead atoms. The zero-order valence-electron chi connectivity index (χ0n) is 11.4. The van der Waals surface area contributed by atoms with Crippen molar-refractivity contribution in [3.63, 3.8) is 0 Å². The molecule has 1 aromatic carbocycles. The van der Waals surface area contributed by atoms with Crippen LogP contribution in [0.1, 0.15) is 23.2 Å². The Labute approximate surface area is 132 Å². The van der Waals surface area contributed by atoms with E-state index in [0.29, 0.717) is 17.6 Å². The van der Waals surface area contributed by atoms with Crippen molar-refractivity contribution in [3.05, 3.63) is 28.2 Å². The van der Waals surface area contributed by atoms with E-state index in [9.17, 15) is 13.2 Å². The van der Waals surface area contributed by atoms with Crippen LogP contribution in [0.2, 0.25) is 0 Å². The highest BCUT2D eigenvalue weighted by molar-refractivity contribution is 9.10. The maximum absolute atomic E-state index is 12.5. The van der Waals surface area contributed by atoms with Crippen molar-refractivity contribution in [2.24, 2.45) is 0 Å². The molecule has 0 unspecified atom stereocenters. The van der Waals surface area contributed by atoms with Crippen molar-refractivity contribution in [1.82, 2.24) is 9.62 Å². The molecule has 6 nitrogen and oxygen atoms in total. The second-order valence-corrected chi connectivity index (χ2v) is 7.52. The second-order valence-electron chi connectivity index (χ2n) is 4.73. The van der Waals surface area contributed by atoms with Gasteiger partial charge in [-0.25, -0.2) is 8.42 Å². The highest BCUT2D eigenvalue weighted by Crippen LogP contribution is 2.25. The van der Waals surface area contributed by atoms with Crippen molar-refractivity contribution >= 4 is 31.9 Å². The number of carbonyl (C=O) groups is 1. The van der Waals surface area contributed by atoms with Crippen molar-refractivity contribution in [2.45, 2.75) is 17.7 Å². The number of aliphatic hydroxyl groups excluding tert-OH is 1. The highest BCUT2D eigenvalue weighted by atomic mass is 79.9. The molecule has 1 heterocycles. The maximum Gasteiger partial charge on any atom is 0.252 e. The van der Waals surface area contributed by atoms with Crippen LogP contribution < -0.4 is 5.32 Å². The van der Waals surface area contributed by atoms with E-state index in [1.54, 1.807) is 6.07 Å². The number of nitrogens with zero attached hydrogens (tertiary/aromatic N) is 1. The average molecular weight is 377 g/mol. The molecule has 0 spiro atoms. The van der Waals surface area contributed by atoms with Gasteiger partial charge < -0.3 is 10.4 Å². The van der Waals surface area contributed by atoms with Gasteiger partial charge in [0.25, 0.3) is 5.91 Å². The topological polar surface area (TPSA) is 86.7 Å². The fourth-order valence-electron chi connectivity index (χ4n) is 2.18. The zero-order valence-corrected chi connectivity index (χ0v) is 13.8. The lowest BCUT2D eigenvalue weighted by molar-refractivity contribution is 0.0944. The first-order valence-electron chi connectivity index (χ1n) is 6.65. The van der Waals surface area contributed by atoms with Crippen LogP contribution in [0, 0.1) is 0 Å². The molecule has 2 N–H and O–H groups in total. The zero-order chi connectivity index (χ0) is 15.5. The van der Waals surface area contributed by atoms with Crippen molar-refractivity contribution in [1.29, 1.82) is 0 Å². The predicted molar refractivity (Wildman–Crippen MR) is 81.6 cm³/mol. The number of hydrogen-bond acceptors (Lipinski definition) is 4. The second kappa shape index (κ2) is 6.87. The molecule has 116 valence electrons. The molecule has 0 atom stereocenters. The molecule has 0 saturated carbocycles. The number of benzene rings is 1. The van der Waals surface area contributed by atoms with Crippen LogP contribution in [0.15, 0.2) is 27.6 Å². The van der Waals surface area contributed by atoms with E-state index in [-0.39, 0.29) is 23.6 Å². The summed E-state index contributed by atoms with van der Waals surface area (Å²) >= 11 is 3.24. The molecule has 1 saturated heterocycles. The lowest BCUT2D eigenvalue weighted by Crippen LogP contribution is -2.29. The monoisotopic (exact) mass is 376 g/mol. The molecule has 8 heteroatoms. The van der Waals surface area contributed by atoms with E-state index < -0.39 is 15.9 Å². The third kappa shape index (κ3) is 3.63. The number of halogens is 1. The van der Waals surface area contributed by atoms with Gasteiger partial charge in [-0.15, -0.1) is 0 Å². The number of aliphatic hydroxyl groups is 1. The summed E-state index contributed by atoms with van der Waals surface area (Å²) in [6, 6.07) is 4.40. The number of sulfonamides is 1. The first kappa shape index (κ1) is 16.4. The molecule has 1 aromatic rings. The molecule has 2 rings (SSSR count). The predicted octanol–water partition coefficient (Wildman–Crippen LogP) is 0.956. The van der Waals surface area contributed by atoms with Crippen LogP contribution >= 0.6 is 15.9 Å².